The van der Waals surface area contributed by atoms with Crippen molar-refractivity contribution in [1.29, 1.82) is 0 Å². The van der Waals surface area contributed by atoms with Crippen molar-refractivity contribution in [2.45, 2.75) is 19.3 Å². The summed E-state index contributed by atoms with van der Waals surface area (Å²) in [6, 6.07) is 10.6. The summed E-state index contributed by atoms with van der Waals surface area (Å²) in [5.74, 6) is 0.574. The van der Waals surface area contributed by atoms with Crippen LogP contribution in [0.25, 0.3) is 0 Å². The lowest BCUT2D eigenvalue weighted by molar-refractivity contribution is 0.112. The van der Waals surface area contributed by atoms with Crippen molar-refractivity contribution in [3.05, 3.63) is 46.5 Å². The standard InChI is InChI=1S/C15H16N2OS/c1-11-14(10-18)19-15(16-11)17-8-7-13(9-17)12-5-3-2-4-6-12/h2-6,10,13H,7-9H2,1H3. The normalized spacial score (nSPS) is 18.8. The number of anilines is 1. The lowest BCUT2D eigenvalue weighted by Gasteiger charge is -2.15. The first-order valence-corrected chi connectivity index (χ1v) is 7.32. The minimum atomic E-state index is 0.574. The van der Waals surface area contributed by atoms with Gasteiger partial charge in [0.1, 0.15) is 0 Å². The molecule has 0 N–H and O–H groups in total. The van der Waals surface area contributed by atoms with E-state index in [0.717, 1.165) is 41.5 Å². The summed E-state index contributed by atoms with van der Waals surface area (Å²) in [5, 5.41) is 0.984. The summed E-state index contributed by atoms with van der Waals surface area (Å²) < 4.78 is 0. The number of hydrogen-bond acceptors (Lipinski definition) is 4. The Morgan fingerprint density at radius 1 is 1.37 bits per heavy atom. The third-order valence-electron chi connectivity index (χ3n) is 3.66. The summed E-state index contributed by atoms with van der Waals surface area (Å²) in [5.41, 5.74) is 2.24. The summed E-state index contributed by atoms with van der Waals surface area (Å²) in [4.78, 5) is 18.4. The van der Waals surface area contributed by atoms with Crippen molar-refractivity contribution < 1.29 is 4.79 Å². The number of carbonyl (C=O) groups excluding carboxylic acids is 1. The van der Waals surface area contributed by atoms with Gasteiger partial charge in [-0.2, -0.15) is 0 Å². The topological polar surface area (TPSA) is 33.2 Å². The SMILES string of the molecule is Cc1nc(N2CCC(c3ccccc3)C2)sc1C=O. The van der Waals surface area contributed by atoms with Crippen LogP contribution < -0.4 is 4.90 Å². The molecule has 1 aliphatic rings. The molecule has 2 heterocycles. The molecule has 2 aromatic rings. The number of benzene rings is 1. The number of nitrogens with zero attached hydrogens (tertiary/aromatic N) is 2. The van der Waals surface area contributed by atoms with E-state index in [4.69, 9.17) is 0 Å². The van der Waals surface area contributed by atoms with Crippen LogP contribution >= 0.6 is 11.3 Å². The van der Waals surface area contributed by atoms with E-state index in [0.29, 0.717) is 5.92 Å². The van der Waals surface area contributed by atoms with Crippen LogP contribution in [0.15, 0.2) is 30.3 Å². The second-order valence-corrected chi connectivity index (χ2v) is 5.92. The van der Waals surface area contributed by atoms with Crippen LogP contribution in [0.3, 0.4) is 0 Å². The van der Waals surface area contributed by atoms with Gasteiger partial charge in [-0.15, -0.1) is 0 Å². The van der Waals surface area contributed by atoms with E-state index in [9.17, 15) is 4.79 Å². The molecule has 0 spiro atoms. The zero-order chi connectivity index (χ0) is 13.2. The maximum atomic E-state index is 10.9. The van der Waals surface area contributed by atoms with Crippen molar-refractivity contribution in [1.82, 2.24) is 4.98 Å². The zero-order valence-electron chi connectivity index (χ0n) is 10.9. The first-order chi connectivity index (χ1) is 9.28. The first-order valence-electron chi connectivity index (χ1n) is 6.50. The van der Waals surface area contributed by atoms with Gasteiger partial charge < -0.3 is 4.90 Å². The molecule has 1 saturated heterocycles. The van der Waals surface area contributed by atoms with Gasteiger partial charge in [0.2, 0.25) is 0 Å². The molecule has 4 heteroatoms. The lowest BCUT2D eigenvalue weighted by Crippen LogP contribution is -2.18. The fourth-order valence-electron chi connectivity index (χ4n) is 2.57. The molecule has 1 aromatic carbocycles. The van der Waals surface area contributed by atoms with E-state index < -0.39 is 0 Å². The molecule has 0 radical (unpaired) electrons. The van der Waals surface area contributed by atoms with Crippen molar-refractivity contribution in [3.63, 3.8) is 0 Å². The van der Waals surface area contributed by atoms with E-state index in [1.807, 2.05) is 6.92 Å². The van der Waals surface area contributed by atoms with Crippen LogP contribution in [-0.4, -0.2) is 24.4 Å². The Balaban J connectivity index is 1.77. The third-order valence-corrected chi connectivity index (χ3v) is 4.80. The molecule has 0 bridgehead atoms. The van der Waals surface area contributed by atoms with Crippen LogP contribution in [0.1, 0.15) is 33.3 Å². The second-order valence-electron chi connectivity index (χ2n) is 4.91. The third kappa shape index (κ3) is 2.40. The average Bonchev–Trinajstić information content (AvgIpc) is 3.06. The Kier molecular flexibility index (Phi) is 3.34. The van der Waals surface area contributed by atoms with E-state index in [-0.39, 0.29) is 0 Å². The Bertz CT molecular complexity index is 579. The molecule has 1 aliphatic heterocycles. The largest absolute Gasteiger partial charge is 0.347 e. The summed E-state index contributed by atoms with van der Waals surface area (Å²) >= 11 is 1.50. The van der Waals surface area contributed by atoms with Crippen molar-refractivity contribution in [3.8, 4) is 0 Å². The Labute approximate surface area is 116 Å². The van der Waals surface area contributed by atoms with Gasteiger partial charge in [-0.25, -0.2) is 4.98 Å². The van der Waals surface area contributed by atoms with Crippen molar-refractivity contribution >= 4 is 22.8 Å². The van der Waals surface area contributed by atoms with E-state index in [2.05, 4.69) is 40.2 Å². The molecule has 3 rings (SSSR count). The predicted molar refractivity (Wildman–Crippen MR) is 78.3 cm³/mol. The Hall–Kier alpha value is -1.68. The predicted octanol–water partition coefficient (Wildman–Crippen LogP) is 3.26. The molecule has 0 saturated carbocycles. The maximum absolute atomic E-state index is 10.9. The van der Waals surface area contributed by atoms with Crippen LogP contribution in [0.2, 0.25) is 0 Å². The molecule has 1 atom stereocenters. The van der Waals surface area contributed by atoms with Gasteiger partial charge in [0, 0.05) is 19.0 Å². The highest BCUT2D eigenvalue weighted by Gasteiger charge is 2.26. The number of thiazole rings is 1. The molecule has 1 aromatic heterocycles. The monoisotopic (exact) mass is 272 g/mol. The molecule has 19 heavy (non-hydrogen) atoms. The van der Waals surface area contributed by atoms with Gasteiger partial charge in [-0.05, 0) is 18.9 Å². The first kappa shape index (κ1) is 12.4. The molecular formula is C15H16N2OS. The van der Waals surface area contributed by atoms with Gasteiger partial charge in [0.15, 0.2) is 11.4 Å². The summed E-state index contributed by atoms with van der Waals surface area (Å²) in [7, 11) is 0. The average molecular weight is 272 g/mol. The van der Waals surface area contributed by atoms with Crippen LogP contribution in [0.4, 0.5) is 5.13 Å². The van der Waals surface area contributed by atoms with Crippen LogP contribution in [0.5, 0.6) is 0 Å². The highest BCUT2D eigenvalue weighted by Crippen LogP contribution is 2.33. The van der Waals surface area contributed by atoms with Crippen LogP contribution in [-0.2, 0) is 0 Å². The van der Waals surface area contributed by atoms with Crippen molar-refractivity contribution in [2.75, 3.05) is 18.0 Å². The van der Waals surface area contributed by atoms with Crippen LogP contribution in [0, 0.1) is 6.92 Å². The summed E-state index contributed by atoms with van der Waals surface area (Å²) in [6.07, 6.45) is 2.06. The van der Waals surface area contributed by atoms with E-state index >= 15 is 0 Å². The summed E-state index contributed by atoms with van der Waals surface area (Å²) in [6.45, 7) is 3.91. The highest BCUT2D eigenvalue weighted by molar-refractivity contribution is 7.17. The molecule has 1 fully saturated rings. The number of rotatable bonds is 3. The van der Waals surface area contributed by atoms with E-state index in [1.165, 1.54) is 16.9 Å². The van der Waals surface area contributed by atoms with Gasteiger partial charge >= 0.3 is 0 Å². The lowest BCUT2D eigenvalue weighted by atomic mass is 9.99. The van der Waals surface area contributed by atoms with E-state index in [1.54, 1.807) is 0 Å². The Morgan fingerprint density at radius 2 is 2.16 bits per heavy atom. The zero-order valence-corrected chi connectivity index (χ0v) is 11.7. The highest BCUT2D eigenvalue weighted by atomic mass is 32.1. The molecular weight excluding hydrogens is 256 g/mol. The molecule has 3 nitrogen and oxygen atoms in total. The second kappa shape index (κ2) is 5.13. The molecule has 0 aliphatic carbocycles. The van der Waals surface area contributed by atoms with Gasteiger partial charge in [-0.3, -0.25) is 4.79 Å². The van der Waals surface area contributed by atoms with Gasteiger partial charge in [0.05, 0.1) is 10.6 Å². The quantitative estimate of drug-likeness (QED) is 0.804. The molecule has 1 unspecified atom stereocenters. The number of aryl methyl sites for hydroxylation is 1. The molecule has 0 amide bonds. The number of aldehydes is 1. The minimum absolute atomic E-state index is 0.574. The van der Waals surface area contributed by atoms with Crippen molar-refractivity contribution in [2.24, 2.45) is 0 Å². The Morgan fingerprint density at radius 3 is 2.84 bits per heavy atom. The number of carbonyl (C=O) groups is 1. The smallest absolute Gasteiger partial charge is 0.186 e. The van der Waals surface area contributed by atoms with Gasteiger partial charge in [-0.1, -0.05) is 41.7 Å². The minimum Gasteiger partial charge on any atom is -0.347 e. The fraction of sp³-hybridized carbons (Fsp3) is 0.333. The number of hydrogen-bond donors (Lipinski definition) is 0. The molecule has 98 valence electrons. The fourth-order valence-corrected chi connectivity index (χ4v) is 3.49. The maximum Gasteiger partial charge on any atom is 0.186 e. The van der Waals surface area contributed by atoms with Gasteiger partial charge in [0.25, 0.3) is 0 Å². The number of aromatic nitrogens is 1.